The molecule has 0 fully saturated rings. The third-order valence-corrected chi connectivity index (χ3v) is 12.8. The number of benzene rings is 3. The first kappa shape index (κ1) is 50.1. The second kappa shape index (κ2) is 20.8. The number of allylic oxidation sites excluding steroid dienone is 2. The molecule has 10 rings (SSSR count). The van der Waals surface area contributed by atoms with Gasteiger partial charge in [-0.2, -0.15) is 10.2 Å². The Kier molecular flexibility index (Phi) is 13.7. The maximum atomic E-state index is 16.2. The zero-order valence-corrected chi connectivity index (χ0v) is 41.8. The van der Waals surface area contributed by atoms with Crippen LogP contribution in [-0.2, 0) is 11.2 Å². The number of aromatic nitrogens is 8. The number of furan rings is 1. The fraction of sp³-hybridized carbons (Fsp3) is 0.204. The van der Waals surface area contributed by atoms with Crippen LogP contribution in [0.5, 0.6) is 17.4 Å². The molecule has 7 heterocycles. The molecule has 18 nitrogen and oxygen atoms in total. The second-order valence-electron chi connectivity index (χ2n) is 18.2. The van der Waals surface area contributed by atoms with Crippen LogP contribution in [0.2, 0.25) is 0 Å². The number of rotatable bonds is 15. The van der Waals surface area contributed by atoms with Crippen molar-refractivity contribution in [3.8, 4) is 40.1 Å². The SMILES string of the molecule is CCN(C)C(=O)c1c(Nc2cc(-c3cc(CCN(C)C(=O)C4=C(\Oc5cc(F)c6[nH]c(C)cc6c5F)C(C)C/C=C/N=C\4Nc4cc(-c5ccccc5)[nH]n4)co3)[nH]n2)ncnc1Oc1cc(F)c2[nH]c(C)cc2c1F. The van der Waals surface area contributed by atoms with E-state index in [1.54, 1.807) is 65.3 Å². The van der Waals surface area contributed by atoms with Crippen molar-refractivity contribution in [1.82, 2.24) is 50.1 Å². The minimum Gasteiger partial charge on any atom is -0.462 e. The molecule has 1 atom stereocenters. The molecule has 1 aliphatic rings. The van der Waals surface area contributed by atoms with Gasteiger partial charge >= 0.3 is 0 Å². The Balaban J connectivity index is 0.898. The van der Waals surface area contributed by atoms with Gasteiger partial charge < -0.3 is 44.3 Å². The lowest BCUT2D eigenvalue weighted by molar-refractivity contribution is -0.125. The summed E-state index contributed by atoms with van der Waals surface area (Å²) in [6.45, 7) is 7.36. The highest BCUT2D eigenvalue weighted by Crippen LogP contribution is 2.37. The van der Waals surface area contributed by atoms with E-state index in [2.05, 4.69) is 56.0 Å². The summed E-state index contributed by atoms with van der Waals surface area (Å²) in [5, 5.41) is 20.8. The van der Waals surface area contributed by atoms with E-state index in [1.807, 2.05) is 37.3 Å². The summed E-state index contributed by atoms with van der Waals surface area (Å²) in [6, 6.07) is 19.4. The van der Waals surface area contributed by atoms with Crippen LogP contribution in [0.4, 0.5) is 35.0 Å². The van der Waals surface area contributed by atoms with Crippen molar-refractivity contribution in [3.63, 3.8) is 0 Å². The van der Waals surface area contributed by atoms with E-state index in [0.29, 0.717) is 52.8 Å². The van der Waals surface area contributed by atoms with Crippen LogP contribution < -0.4 is 20.1 Å². The number of hydrogen-bond donors (Lipinski definition) is 6. The summed E-state index contributed by atoms with van der Waals surface area (Å²) >= 11 is 0. The molecule has 0 saturated heterocycles. The summed E-state index contributed by atoms with van der Waals surface area (Å²) < 4.78 is 80.6. The number of aliphatic imine (C=N–C) groups is 1. The fourth-order valence-corrected chi connectivity index (χ4v) is 8.63. The van der Waals surface area contributed by atoms with Gasteiger partial charge in [-0.15, -0.1) is 0 Å². The van der Waals surface area contributed by atoms with Crippen molar-refractivity contribution in [2.45, 2.75) is 40.5 Å². The molecule has 6 aromatic heterocycles. The van der Waals surface area contributed by atoms with Crippen molar-refractivity contribution in [2.24, 2.45) is 10.9 Å². The van der Waals surface area contributed by atoms with Crippen LogP contribution >= 0.6 is 0 Å². The lowest BCUT2D eigenvalue weighted by Gasteiger charge is -2.26. The molecule has 1 aliphatic heterocycles. The van der Waals surface area contributed by atoms with E-state index in [1.165, 1.54) is 28.2 Å². The third kappa shape index (κ3) is 9.98. The van der Waals surface area contributed by atoms with E-state index < -0.39 is 52.5 Å². The molecule has 9 aromatic rings. The van der Waals surface area contributed by atoms with Crippen LogP contribution in [0.3, 0.4) is 0 Å². The lowest BCUT2D eigenvalue weighted by atomic mass is 9.98. The van der Waals surface area contributed by atoms with E-state index >= 15 is 17.6 Å². The first-order valence-corrected chi connectivity index (χ1v) is 24.1. The lowest BCUT2D eigenvalue weighted by Crippen LogP contribution is -2.37. The predicted octanol–water partition coefficient (Wildman–Crippen LogP) is 11.0. The standard InChI is InChI=1S/C54H49F4N13O5/c1-7-70(5)54(73)44-51(60-26-61-52(44)76-40-22-35(56)48-33(46(40)58)19-29(4)63-48)65-42-24-37(67-69-42)38-20-30(25-74-38)15-17-71(6)53(72)43-49(75-39-21-34(55)47-32(45(39)57)18-28(3)62-47)27(2)12-11-16-59-50(43)64-41-23-36(66-68-41)31-13-9-8-10-14-31/h8-11,13-14,16,18-27,62-63H,7,12,15,17H2,1-6H3,(H2,59,64,66,68)(H2,60,61,65,67,69)/b16-11+,49-43-. The van der Waals surface area contributed by atoms with Crippen molar-refractivity contribution in [1.29, 1.82) is 0 Å². The fourth-order valence-electron chi connectivity index (χ4n) is 8.63. The van der Waals surface area contributed by atoms with Crippen LogP contribution in [0, 0.1) is 43.0 Å². The molecule has 2 amide bonds. The highest BCUT2D eigenvalue weighted by Gasteiger charge is 2.32. The predicted molar refractivity (Wildman–Crippen MR) is 277 cm³/mol. The molecule has 388 valence electrons. The number of hydrogen-bond acceptors (Lipinski definition) is 12. The van der Waals surface area contributed by atoms with E-state index in [9.17, 15) is 9.59 Å². The number of fused-ring (bicyclic) bond motifs is 2. The minimum absolute atomic E-state index is 0.00195. The Labute approximate surface area is 430 Å². The number of amides is 2. The third-order valence-electron chi connectivity index (χ3n) is 12.8. The van der Waals surface area contributed by atoms with Gasteiger partial charge in [-0.1, -0.05) is 43.3 Å². The number of aromatic amines is 4. The number of nitrogens with zero attached hydrogens (tertiary/aromatic N) is 7. The molecule has 22 heteroatoms. The molecule has 0 aliphatic carbocycles. The summed E-state index contributed by atoms with van der Waals surface area (Å²) in [6.07, 6.45) is 6.64. The zero-order chi connectivity index (χ0) is 53.4. The monoisotopic (exact) mass is 1040 g/mol. The first-order chi connectivity index (χ1) is 36.6. The van der Waals surface area contributed by atoms with Gasteiger partial charge in [0.1, 0.15) is 34.8 Å². The van der Waals surface area contributed by atoms with Gasteiger partial charge in [0.2, 0.25) is 5.88 Å². The largest absolute Gasteiger partial charge is 0.462 e. The number of ether oxygens (including phenoxy) is 2. The minimum atomic E-state index is -0.850. The molecule has 3 aromatic carbocycles. The van der Waals surface area contributed by atoms with Crippen molar-refractivity contribution in [3.05, 3.63) is 155 Å². The average Bonchev–Trinajstić information content (AvgIpc) is 4.29. The quantitative estimate of drug-likeness (QED) is 0.0530. The molecule has 6 N–H and O–H groups in total. The van der Waals surface area contributed by atoms with Crippen LogP contribution in [0.25, 0.3) is 44.5 Å². The van der Waals surface area contributed by atoms with Crippen molar-refractivity contribution in [2.75, 3.05) is 37.8 Å². The van der Waals surface area contributed by atoms with Crippen LogP contribution in [0.1, 0.15) is 47.6 Å². The number of amidine groups is 1. The Bertz CT molecular complexity index is 3780. The van der Waals surface area contributed by atoms with E-state index in [-0.39, 0.29) is 75.1 Å². The number of likely N-dealkylation sites (N-methyl/N-ethyl adjacent to an activating group) is 1. The van der Waals surface area contributed by atoms with Gasteiger partial charge in [0.15, 0.2) is 58.0 Å². The Morgan fingerprint density at radius 3 is 2.12 bits per heavy atom. The Hall–Kier alpha value is -9.47. The smallest absolute Gasteiger partial charge is 0.262 e. The molecule has 1 unspecified atom stereocenters. The summed E-state index contributed by atoms with van der Waals surface area (Å²) in [7, 11) is 3.16. The molecule has 0 radical (unpaired) electrons. The topological polar surface area (TPSA) is 223 Å². The van der Waals surface area contributed by atoms with Gasteiger partial charge in [-0.25, -0.2) is 32.5 Å². The summed E-state index contributed by atoms with van der Waals surface area (Å²) in [5.41, 5.74) is 3.56. The summed E-state index contributed by atoms with van der Waals surface area (Å²) in [4.78, 5) is 50.3. The molecule has 76 heavy (non-hydrogen) atoms. The molecule has 0 bridgehead atoms. The number of aryl methyl sites for hydroxylation is 2. The number of nitrogens with one attached hydrogen (secondary N) is 6. The number of carbonyl (C=O) groups is 2. The van der Waals surface area contributed by atoms with Crippen molar-refractivity contribution >= 4 is 56.9 Å². The molecule has 0 saturated carbocycles. The van der Waals surface area contributed by atoms with Gasteiger partial charge in [0, 0.05) is 85.7 Å². The molecule has 0 spiro atoms. The van der Waals surface area contributed by atoms with E-state index in [4.69, 9.17) is 13.9 Å². The van der Waals surface area contributed by atoms with Gasteiger partial charge in [0.25, 0.3) is 11.8 Å². The second-order valence-corrected chi connectivity index (χ2v) is 18.2. The number of carbonyl (C=O) groups excluding carboxylic acids is 2. The van der Waals surface area contributed by atoms with Crippen molar-refractivity contribution < 1.29 is 41.0 Å². The number of anilines is 3. The average molecular weight is 1040 g/mol. The van der Waals surface area contributed by atoms with E-state index in [0.717, 1.165) is 24.0 Å². The van der Waals surface area contributed by atoms with Gasteiger partial charge in [0.05, 0.1) is 23.0 Å². The summed E-state index contributed by atoms with van der Waals surface area (Å²) in [5.74, 6) is -5.00. The van der Waals surface area contributed by atoms with Gasteiger partial charge in [-0.3, -0.25) is 19.8 Å². The molecular formula is C54H49F4N13O5. The Morgan fingerprint density at radius 2 is 1.43 bits per heavy atom. The van der Waals surface area contributed by atoms with Gasteiger partial charge in [-0.05, 0) is 62.9 Å². The first-order valence-electron chi connectivity index (χ1n) is 24.1. The maximum absolute atomic E-state index is 16.2. The highest BCUT2D eigenvalue weighted by molar-refractivity contribution is 6.25. The van der Waals surface area contributed by atoms with Crippen LogP contribution in [0.15, 0.2) is 118 Å². The van der Waals surface area contributed by atoms with Crippen LogP contribution in [-0.4, -0.2) is 95.0 Å². The number of halogens is 4. The number of H-pyrrole nitrogens is 4. The zero-order valence-electron chi connectivity index (χ0n) is 41.8. The maximum Gasteiger partial charge on any atom is 0.262 e. The highest BCUT2D eigenvalue weighted by atomic mass is 19.1. The Morgan fingerprint density at radius 1 is 0.789 bits per heavy atom. The molecular weight excluding hydrogens is 987 g/mol. The normalized spacial score (nSPS) is 15.8.